The number of piperazine rings is 1. The highest BCUT2D eigenvalue weighted by Crippen LogP contribution is 2.31. The van der Waals surface area contributed by atoms with Gasteiger partial charge in [-0.1, -0.05) is 5.57 Å². The molecule has 1 saturated heterocycles. The number of carbonyl (C=O) groups is 2. The van der Waals surface area contributed by atoms with Gasteiger partial charge in [0, 0.05) is 38.2 Å². The van der Waals surface area contributed by atoms with Crippen LogP contribution in [0.4, 0.5) is 11.5 Å². The van der Waals surface area contributed by atoms with Gasteiger partial charge in [0.25, 0.3) is 0 Å². The third kappa shape index (κ3) is 4.13. The summed E-state index contributed by atoms with van der Waals surface area (Å²) in [5.74, 6) is 1.35. The van der Waals surface area contributed by atoms with Crippen molar-refractivity contribution < 1.29 is 9.59 Å². The molecule has 1 aliphatic heterocycles. The van der Waals surface area contributed by atoms with Crippen molar-refractivity contribution in [1.82, 2.24) is 9.88 Å². The summed E-state index contributed by atoms with van der Waals surface area (Å²) in [6.07, 6.45) is 5.35. The highest BCUT2D eigenvalue weighted by atomic mass is 16.2. The standard InChI is InChI=1S/C18H24N4O2/c1-13(2)11-17(23)20-15-5-6-16(19-12-15)21-7-9-22(10-8-21)18(24)14-3-4-14/h5-6,11-12,14H,3-4,7-10H2,1-2H3,(H,20,23). The molecule has 2 heterocycles. The summed E-state index contributed by atoms with van der Waals surface area (Å²) >= 11 is 0. The van der Waals surface area contributed by atoms with E-state index in [2.05, 4.69) is 15.2 Å². The zero-order chi connectivity index (χ0) is 17.1. The molecule has 0 aromatic carbocycles. The van der Waals surface area contributed by atoms with E-state index in [1.807, 2.05) is 30.9 Å². The van der Waals surface area contributed by atoms with Crippen LogP contribution in [0.5, 0.6) is 0 Å². The zero-order valence-electron chi connectivity index (χ0n) is 14.3. The van der Waals surface area contributed by atoms with Crippen molar-refractivity contribution in [3.8, 4) is 0 Å². The Bertz CT molecular complexity index is 637. The monoisotopic (exact) mass is 328 g/mol. The predicted molar refractivity (Wildman–Crippen MR) is 93.8 cm³/mol. The van der Waals surface area contributed by atoms with Crippen LogP contribution in [0, 0.1) is 5.92 Å². The van der Waals surface area contributed by atoms with Gasteiger partial charge in [-0.3, -0.25) is 9.59 Å². The molecule has 1 N–H and O–H groups in total. The maximum Gasteiger partial charge on any atom is 0.248 e. The van der Waals surface area contributed by atoms with Gasteiger partial charge in [0.2, 0.25) is 11.8 Å². The largest absolute Gasteiger partial charge is 0.353 e. The van der Waals surface area contributed by atoms with E-state index in [1.165, 1.54) is 0 Å². The minimum Gasteiger partial charge on any atom is -0.353 e. The van der Waals surface area contributed by atoms with Crippen LogP contribution in [0.3, 0.4) is 0 Å². The van der Waals surface area contributed by atoms with E-state index in [-0.39, 0.29) is 5.91 Å². The Hall–Kier alpha value is -2.37. The van der Waals surface area contributed by atoms with E-state index in [1.54, 1.807) is 12.3 Å². The number of pyridine rings is 1. The molecule has 1 aromatic heterocycles. The molecular weight excluding hydrogens is 304 g/mol. The number of rotatable bonds is 4. The fourth-order valence-corrected chi connectivity index (χ4v) is 2.83. The number of anilines is 2. The number of hydrogen-bond acceptors (Lipinski definition) is 4. The normalized spacial score (nSPS) is 17.4. The van der Waals surface area contributed by atoms with E-state index < -0.39 is 0 Å². The first-order valence-electron chi connectivity index (χ1n) is 8.48. The Labute approximate surface area is 142 Å². The van der Waals surface area contributed by atoms with Crippen molar-refractivity contribution in [2.24, 2.45) is 5.92 Å². The number of allylic oxidation sites excluding steroid dienone is 1. The number of carbonyl (C=O) groups excluding carboxylic acids is 2. The predicted octanol–water partition coefficient (Wildman–Crippen LogP) is 2.04. The van der Waals surface area contributed by atoms with E-state index in [9.17, 15) is 9.59 Å². The molecule has 128 valence electrons. The molecule has 0 bridgehead atoms. The third-order valence-corrected chi connectivity index (χ3v) is 4.28. The van der Waals surface area contributed by atoms with Gasteiger partial charge in [-0.15, -0.1) is 0 Å². The highest BCUT2D eigenvalue weighted by Gasteiger charge is 2.34. The average Bonchev–Trinajstić information content (AvgIpc) is 3.39. The fourth-order valence-electron chi connectivity index (χ4n) is 2.83. The second kappa shape index (κ2) is 7.03. The van der Waals surface area contributed by atoms with Crippen LogP contribution < -0.4 is 10.2 Å². The summed E-state index contributed by atoms with van der Waals surface area (Å²) in [7, 11) is 0. The quantitative estimate of drug-likeness (QED) is 0.859. The molecule has 6 heteroatoms. The van der Waals surface area contributed by atoms with Gasteiger partial charge >= 0.3 is 0 Å². The molecule has 0 spiro atoms. The molecule has 2 amide bonds. The van der Waals surface area contributed by atoms with Gasteiger partial charge < -0.3 is 15.1 Å². The molecule has 6 nitrogen and oxygen atoms in total. The Morgan fingerprint density at radius 2 is 1.88 bits per heavy atom. The topological polar surface area (TPSA) is 65.5 Å². The molecule has 0 atom stereocenters. The molecule has 1 aromatic rings. The maximum atomic E-state index is 12.1. The summed E-state index contributed by atoms with van der Waals surface area (Å²) in [6, 6.07) is 3.78. The van der Waals surface area contributed by atoms with Crippen molar-refractivity contribution >= 4 is 23.3 Å². The van der Waals surface area contributed by atoms with Crippen molar-refractivity contribution in [2.75, 3.05) is 36.4 Å². The summed E-state index contributed by atoms with van der Waals surface area (Å²) < 4.78 is 0. The van der Waals surface area contributed by atoms with Crippen LogP contribution in [-0.4, -0.2) is 47.9 Å². The van der Waals surface area contributed by atoms with Crippen molar-refractivity contribution in [3.05, 3.63) is 30.0 Å². The Kier molecular flexibility index (Phi) is 4.83. The first kappa shape index (κ1) is 16.5. The molecule has 2 fully saturated rings. The molecule has 2 aliphatic rings. The summed E-state index contributed by atoms with van der Waals surface area (Å²) in [6.45, 7) is 6.89. The molecule has 24 heavy (non-hydrogen) atoms. The lowest BCUT2D eigenvalue weighted by molar-refractivity contribution is -0.132. The van der Waals surface area contributed by atoms with Gasteiger partial charge in [-0.25, -0.2) is 4.98 Å². The van der Waals surface area contributed by atoms with E-state index in [0.717, 1.165) is 50.4 Å². The fraction of sp³-hybridized carbons (Fsp3) is 0.500. The van der Waals surface area contributed by atoms with Gasteiger partial charge in [0.15, 0.2) is 0 Å². The van der Waals surface area contributed by atoms with Crippen LogP contribution in [0.15, 0.2) is 30.0 Å². The summed E-state index contributed by atoms with van der Waals surface area (Å²) in [4.78, 5) is 32.4. The first-order chi connectivity index (χ1) is 11.5. The number of hydrogen-bond donors (Lipinski definition) is 1. The average molecular weight is 328 g/mol. The van der Waals surface area contributed by atoms with Crippen LogP contribution in [0.2, 0.25) is 0 Å². The lowest BCUT2D eigenvalue weighted by Gasteiger charge is -2.35. The van der Waals surface area contributed by atoms with E-state index >= 15 is 0 Å². The van der Waals surface area contributed by atoms with Crippen LogP contribution in [-0.2, 0) is 9.59 Å². The summed E-state index contributed by atoms with van der Waals surface area (Å²) in [5.41, 5.74) is 1.64. The number of nitrogens with zero attached hydrogens (tertiary/aromatic N) is 3. The van der Waals surface area contributed by atoms with E-state index in [4.69, 9.17) is 0 Å². The Morgan fingerprint density at radius 1 is 1.17 bits per heavy atom. The lowest BCUT2D eigenvalue weighted by atomic mass is 10.2. The van der Waals surface area contributed by atoms with Crippen molar-refractivity contribution in [3.63, 3.8) is 0 Å². The smallest absolute Gasteiger partial charge is 0.248 e. The number of aromatic nitrogens is 1. The van der Waals surface area contributed by atoms with Gasteiger partial charge in [-0.2, -0.15) is 0 Å². The third-order valence-electron chi connectivity index (χ3n) is 4.28. The molecular formula is C18H24N4O2. The molecule has 1 aliphatic carbocycles. The second-order valence-electron chi connectivity index (χ2n) is 6.70. The van der Waals surface area contributed by atoms with E-state index in [0.29, 0.717) is 17.5 Å². The number of amides is 2. The van der Waals surface area contributed by atoms with Crippen LogP contribution >= 0.6 is 0 Å². The van der Waals surface area contributed by atoms with Crippen molar-refractivity contribution in [1.29, 1.82) is 0 Å². The maximum absolute atomic E-state index is 12.1. The molecule has 0 radical (unpaired) electrons. The SMILES string of the molecule is CC(C)=CC(=O)Nc1ccc(N2CCN(C(=O)C3CC3)CC2)nc1. The molecule has 1 saturated carbocycles. The zero-order valence-corrected chi connectivity index (χ0v) is 14.3. The molecule has 3 rings (SSSR count). The van der Waals surface area contributed by atoms with Gasteiger partial charge in [0.1, 0.15) is 5.82 Å². The van der Waals surface area contributed by atoms with Gasteiger partial charge in [0.05, 0.1) is 11.9 Å². The summed E-state index contributed by atoms with van der Waals surface area (Å²) in [5, 5.41) is 2.80. The second-order valence-corrected chi connectivity index (χ2v) is 6.70. The van der Waals surface area contributed by atoms with Crippen LogP contribution in [0.1, 0.15) is 26.7 Å². The van der Waals surface area contributed by atoms with Crippen molar-refractivity contribution in [2.45, 2.75) is 26.7 Å². The Balaban J connectivity index is 1.53. The molecule has 0 unspecified atom stereocenters. The highest BCUT2D eigenvalue weighted by molar-refractivity contribution is 5.99. The minimum atomic E-state index is -0.142. The minimum absolute atomic E-state index is 0.142. The van der Waals surface area contributed by atoms with Gasteiger partial charge in [-0.05, 0) is 38.8 Å². The van der Waals surface area contributed by atoms with Crippen LogP contribution in [0.25, 0.3) is 0 Å². The Morgan fingerprint density at radius 3 is 2.42 bits per heavy atom. The first-order valence-corrected chi connectivity index (χ1v) is 8.48. The number of nitrogens with one attached hydrogen (secondary N) is 1. The lowest BCUT2D eigenvalue weighted by Crippen LogP contribution is -2.49.